The third-order valence-corrected chi connectivity index (χ3v) is 4.40. The molecule has 23 heavy (non-hydrogen) atoms. The second-order valence-corrected chi connectivity index (χ2v) is 6.00. The standard InChI is InChI=1S/C19H20N4/c1-14-13-20-11-12-23(14)19-21-17-10-6-5-9-16(17)18(22-19)15-7-3-2-4-8-15/h2-10,14,20H,11-13H2,1H3. The average molecular weight is 304 g/mol. The number of hydrogen-bond acceptors (Lipinski definition) is 4. The summed E-state index contributed by atoms with van der Waals surface area (Å²) in [7, 11) is 0. The van der Waals surface area contributed by atoms with Crippen LogP contribution >= 0.6 is 0 Å². The van der Waals surface area contributed by atoms with Crippen LogP contribution in [0.3, 0.4) is 0 Å². The summed E-state index contributed by atoms with van der Waals surface area (Å²) in [5, 5.41) is 4.52. The molecule has 0 aliphatic carbocycles. The van der Waals surface area contributed by atoms with Crippen LogP contribution in [0.2, 0.25) is 0 Å². The predicted molar refractivity (Wildman–Crippen MR) is 94.7 cm³/mol. The van der Waals surface area contributed by atoms with Crippen LogP contribution in [0.5, 0.6) is 0 Å². The summed E-state index contributed by atoms with van der Waals surface area (Å²) in [5.41, 5.74) is 3.15. The molecule has 4 rings (SSSR count). The van der Waals surface area contributed by atoms with E-state index in [1.807, 2.05) is 18.2 Å². The molecular weight excluding hydrogens is 284 g/mol. The molecule has 0 saturated carbocycles. The van der Waals surface area contributed by atoms with Gasteiger partial charge in [-0.3, -0.25) is 0 Å². The summed E-state index contributed by atoms with van der Waals surface area (Å²) in [4.78, 5) is 12.1. The monoisotopic (exact) mass is 304 g/mol. The minimum Gasteiger partial charge on any atom is -0.336 e. The molecule has 0 radical (unpaired) electrons. The van der Waals surface area contributed by atoms with E-state index in [4.69, 9.17) is 9.97 Å². The molecule has 0 bridgehead atoms. The average Bonchev–Trinajstić information content (AvgIpc) is 2.62. The van der Waals surface area contributed by atoms with Crippen molar-refractivity contribution in [2.24, 2.45) is 0 Å². The zero-order valence-electron chi connectivity index (χ0n) is 13.2. The van der Waals surface area contributed by atoms with Gasteiger partial charge in [0.25, 0.3) is 0 Å². The van der Waals surface area contributed by atoms with Gasteiger partial charge in [-0.15, -0.1) is 0 Å². The van der Waals surface area contributed by atoms with Crippen LogP contribution in [-0.2, 0) is 0 Å². The van der Waals surface area contributed by atoms with Gasteiger partial charge in [0.1, 0.15) is 0 Å². The SMILES string of the molecule is CC1CNCCN1c1nc(-c2ccccc2)c2ccccc2n1. The molecule has 116 valence electrons. The lowest BCUT2D eigenvalue weighted by Gasteiger charge is -2.34. The van der Waals surface area contributed by atoms with E-state index >= 15 is 0 Å². The number of para-hydroxylation sites is 1. The zero-order chi connectivity index (χ0) is 15.6. The minimum atomic E-state index is 0.397. The summed E-state index contributed by atoms with van der Waals surface area (Å²) in [6.07, 6.45) is 0. The lowest BCUT2D eigenvalue weighted by molar-refractivity contribution is 0.493. The van der Waals surface area contributed by atoms with E-state index in [0.29, 0.717) is 6.04 Å². The molecule has 1 N–H and O–H groups in total. The normalized spacial score (nSPS) is 18.3. The first kappa shape index (κ1) is 14.2. The predicted octanol–water partition coefficient (Wildman–Crippen LogP) is 3.09. The van der Waals surface area contributed by atoms with E-state index in [0.717, 1.165) is 47.7 Å². The molecule has 3 aromatic rings. The van der Waals surface area contributed by atoms with Gasteiger partial charge in [0.15, 0.2) is 0 Å². The fraction of sp³-hybridized carbons (Fsp3) is 0.263. The molecule has 1 aliphatic heterocycles. The van der Waals surface area contributed by atoms with Crippen LogP contribution in [0.15, 0.2) is 54.6 Å². The Morgan fingerprint density at radius 1 is 1.00 bits per heavy atom. The van der Waals surface area contributed by atoms with Crippen molar-refractivity contribution in [1.82, 2.24) is 15.3 Å². The number of piperazine rings is 1. The van der Waals surface area contributed by atoms with Crippen molar-refractivity contribution < 1.29 is 0 Å². The quantitative estimate of drug-likeness (QED) is 0.790. The van der Waals surface area contributed by atoms with Crippen LogP contribution in [0, 0.1) is 0 Å². The molecule has 0 amide bonds. The van der Waals surface area contributed by atoms with E-state index < -0.39 is 0 Å². The highest BCUT2D eigenvalue weighted by molar-refractivity contribution is 5.93. The number of rotatable bonds is 2. The lowest BCUT2D eigenvalue weighted by Crippen LogP contribution is -2.50. The van der Waals surface area contributed by atoms with Gasteiger partial charge in [0.05, 0.1) is 11.2 Å². The van der Waals surface area contributed by atoms with Gasteiger partial charge in [-0.25, -0.2) is 9.97 Å². The second kappa shape index (κ2) is 5.97. The van der Waals surface area contributed by atoms with E-state index in [-0.39, 0.29) is 0 Å². The molecule has 1 aromatic heterocycles. The Balaban J connectivity index is 1.90. The Morgan fingerprint density at radius 3 is 2.61 bits per heavy atom. The Morgan fingerprint density at radius 2 is 1.78 bits per heavy atom. The highest BCUT2D eigenvalue weighted by atomic mass is 15.3. The third kappa shape index (κ3) is 2.66. The van der Waals surface area contributed by atoms with Gasteiger partial charge in [-0.05, 0) is 13.0 Å². The Hall–Kier alpha value is -2.46. The summed E-state index contributed by atoms with van der Waals surface area (Å²) in [6, 6.07) is 19.0. The number of benzene rings is 2. The molecule has 1 atom stereocenters. The lowest BCUT2D eigenvalue weighted by atomic mass is 10.1. The molecular formula is C19H20N4. The van der Waals surface area contributed by atoms with Crippen molar-refractivity contribution >= 4 is 16.9 Å². The third-order valence-electron chi connectivity index (χ3n) is 4.40. The molecule has 2 heterocycles. The number of fused-ring (bicyclic) bond motifs is 1. The molecule has 1 unspecified atom stereocenters. The number of hydrogen-bond donors (Lipinski definition) is 1. The summed E-state index contributed by atoms with van der Waals surface area (Å²) in [5.74, 6) is 0.830. The first-order valence-corrected chi connectivity index (χ1v) is 8.12. The first-order valence-electron chi connectivity index (χ1n) is 8.12. The van der Waals surface area contributed by atoms with Crippen LogP contribution in [0.1, 0.15) is 6.92 Å². The molecule has 4 nitrogen and oxygen atoms in total. The van der Waals surface area contributed by atoms with E-state index in [1.54, 1.807) is 0 Å². The van der Waals surface area contributed by atoms with Crippen molar-refractivity contribution in [3.8, 4) is 11.3 Å². The van der Waals surface area contributed by atoms with Crippen LogP contribution in [-0.4, -0.2) is 35.6 Å². The Kier molecular flexibility index (Phi) is 3.67. The van der Waals surface area contributed by atoms with Gasteiger partial charge in [-0.2, -0.15) is 0 Å². The molecule has 2 aromatic carbocycles. The van der Waals surface area contributed by atoms with Crippen molar-refractivity contribution in [3.05, 3.63) is 54.6 Å². The topological polar surface area (TPSA) is 41.0 Å². The molecule has 0 spiro atoms. The van der Waals surface area contributed by atoms with Crippen LogP contribution in [0.4, 0.5) is 5.95 Å². The second-order valence-electron chi connectivity index (χ2n) is 6.00. The fourth-order valence-corrected chi connectivity index (χ4v) is 3.15. The maximum absolute atomic E-state index is 4.93. The van der Waals surface area contributed by atoms with Crippen molar-refractivity contribution in [2.75, 3.05) is 24.5 Å². The van der Waals surface area contributed by atoms with Crippen molar-refractivity contribution in [1.29, 1.82) is 0 Å². The number of aromatic nitrogens is 2. The summed E-state index contributed by atoms with van der Waals surface area (Å²) >= 11 is 0. The highest BCUT2D eigenvalue weighted by Crippen LogP contribution is 2.28. The fourth-order valence-electron chi connectivity index (χ4n) is 3.15. The van der Waals surface area contributed by atoms with E-state index in [9.17, 15) is 0 Å². The maximum atomic E-state index is 4.93. The van der Waals surface area contributed by atoms with Gasteiger partial charge in [0.2, 0.25) is 5.95 Å². The molecule has 4 heteroatoms. The summed E-state index contributed by atoms with van der Waals surface area (Å²) in [6.45, 7) is 5.10. The van der Waals surface area contributed by atoms with Crippen molar-refractivity contribution in [2.45, 2.75) is 13.0 Å². The zero-order valence-corrected chi connectivity index (χ0v) is 13.2. The number of anilines is 1. The first-order chi connectivity index (χ1) is 11.3. The molecule has 1 saturated heterocycles. The van der Waals surface area contributed by atoms with E-state index in [1.165, 1.54) is 0 Å². The number of nitrogens with one attached hydrogen (secondary N) is 1. The van der Waals surface area contributed by atoms with Crippen LogP contribution < -0.4 is 10.2 Å². The van der Waals surface area contributed by atoms with Crippen LogP contribution in [0.25, 0.3) is 22.2 Å². The molecule has 1 aliphatic rings. The smallest absolute Gasteiger partial charge is 0.226 e. The Labute approximate surface area is 136 Å². The van der Waals surface area contributed by atoms with Gasteiger partial charge < -0.3 is 10.2 Å². The Bertz CT molecular complexity index is 816. The molecule has 1 fully saturated rings. The van der Waals surface area contributed by atoms with Gasteiger partial charge in [-0.1, -0.05) is 48.5 Å². The highest BCUT2D eigenvalue weighted by Gasteiger charge is 2.22. The van der Waals surface area contributed by atoms with Crippen molar-refractivity contribution in [3.63, 3.8) is 0 Å². The number of nitrogens with zero attached hydrogens (tertiary/aromatic N) is 3. The minimum absolute atomic E-state index is 0.397. The maximum Gasteiger partial charge on any atom is 0.226 e. The van der Waals surface area contributed by atoms with Gasteiger partial charge in [0, 0.05) is 36.6 Å². The van der Waals surface area contributed by atoms with E-state index in [2.05, 4.69) is 53.5 Å². The largest absolute Gasteiger partial charge is 0.336 e. The van der Waals surface area contributed by atoms with Gasteiger partial charge >= 0.3 is 0 Å². The summed E-state index contributed by atoms with van der Waals surface area (Å²) < 4.78 is 0.